The van der Waals surface area contributed by atoms with E-state index >= 15 is 0 Å². The van der Waals surface area contributed by atoms with E-state index in [1.807, 2.05) is 0 Å². The first kappa shape index (κ1) is 19.0. The third-order valence-corrected chi connectivity index (χ3v) is 3.88. The predicted molar refractivity (Wildman–Crippen MR) is 98.8 cm³/mol. The molecule has 28 heavy (non-hydrogen) atoms. The minimum Gasteiger partial charge on any atom is -0.481 e. The van der Waals surface area contributed by atoms with Gasteiger partial charge in [0.2, 0.25) is 0 Å². The summed E-state index contributed by atoms with van der Waals surface area (Å²) in [6.45, 7) is 1.18. The minimum atomic E-state index is -0.935. The third-order valence-electron chi connectivity index (χ3n) is 3.88. The van der Waals surface area contributed by atoms with Crippen molar-refractivity contribution in [3.05, 3.63) is 70.9 Å². The topological polar surface area (TPSA) is 102 Å². The molecule has 9 heteroatoms. The van der Waals surface area contributed by atoms with Crippen LogP contribution in [0.25, 0.3) is 11.0 Å². The number of fused-ring (bicyclic) bond motifs is 1. The average molecular weight is 384 g/mol. The normalized spacial score (nSPS) is 11.6. The number of hydrogen-bond acceptors (Lipinski definition) is 5. The van der Waals surface area contributed by atoms with Crippen molar-refractivity contribution in [2.75, 3.05) is 0 Å². The number of nitrogens with zero attached hydrogens (tertiary/aromatic N) is 2. The summed E-state index contributed by atoms with van der Waals surface area (Å²) in [5.41, 5.74) is 5.11. The zero-order valence-electron chi connectivity index (χ0n) is 14.9. The lowest BCUT2D eigenvalue weighted by Crippen LogP contribution is -2.48. The molecule has 0 saturated heterocycles. The molecular weight excluding hydrogens is 367 g/mol. The molecule has 0 aliphatic rings. The van der Waals surface area contributed by atoms with Gasteiger partial charge in [0.1, 0.15) is 18.1 Å². The number of ether oxygens (including phenoxy) is 1. The summed E-state index contributed by atoms with van der Waals surface area (Å²) in [4.78, 5) is 40.2. The van der Waals surface area contributed by atoms with Gasteiger partial charge in [0.05, 0.1) is 17.2 Å². The number of amides is 2. The minimum absolute atomic E-state index is 0.296. The van der Waals surface area contributed by atoms with Crippen molar-refractivity contribution in [3.63, 3.8) is 0 Å². The van der Waals surface area contributed by atoms with E-state index in [2.05, 4.69) is 15.8 Å². The monoisotopic (exact) mass is 384 g/mol. The Balaban J connectivity index is 1.58. The van der Waals surface area contributed by atoms with Crippen LogP contribution in [-0.2, 0) is 16.1 Å². The van der Waals surface area contributed by atoms with Gasteiger partial charge >= 0.3 is 0 Å². The zero-order chi connectivity index (χ0) is 20.1. The molecule has 0 saturated carbocycles. The molecule has 2 amide bonds. The van der Waals surface area contributed by atoms with E-state index in [1.165, 1.54) is 35.8 Å². The molecule has 1 heterocycles. The standard InChI is InChI=1S/C19H17FN4O4/c1-12(28-14-8-6-13(20)7-9-14)19(27)23-22-17(25)11-24-16-5-3-2-4-15(16)21-10-18(24)26/h2-10,12H,11H2,1H3,(H,22,25)(H,23,27). The van der Waals surface area contributed by atoms with E-state index in [1.54, 1.807) is 24.3 Å². The third kappa shape index (κ3) is 4.50. The van der Waals surface area contributed by atoms with Gasteiger partial charge in [-0.2, -0.15) is 0 Å². The van der Waals surface area contributed by atoms with Crippen LogP contribution in [0.2, 0.25) is 0 Å². The van der Waals surface area contributed by atoms with Crippen LogP contribution in [0.1, 0.15) is 6.92 Å². The summed E-state index contributed by atoms with van der Waals surface area (Å²) in [6.07, 6.45) is 0.197. The molecule has 2 aromatic carbocycles. The molecule has 3 aromatic rings. The Hall–Kier alpha value is -3.75. The average Bonchev–Trinajstić information content (AvgIpc) is 2.70. The fourth-order valence-corrected chi connectivity index (χ4v) is 2.46. The highest BCUT2D eigenvalue weighted by Crippen LogP contribution is 2.13. The number of carbonyl (C=O) groups excluding carboxylic acids is 2. The van der Waals surface area contributed by atoms with Gasteiger partial charge in [-0.05, 0) is 43.3 Å². The molecule has 0 aliphatic carbocycles. The number of hydrazine groups is 1. The van der Waals surface area contributed by atoms with Crippen LogP contribution in [0.15, 0.2) is 59.5 Å². The molecule has 0 aliphatic heterocycles. The second-order valence-corrected chi connectivity index (χ2v) is 5.92. The Morgan fingerprint density at radius 1 is 1.14 bits per heavy atom. The molecule has 0 fully saturated rings. The van der Waals surface area contributed by atoms with Crippen molar-refractivity contribution < 1.29 is 18.7 Å². The molecule has 144 valence electrons. The number of aromatic nitrogens is 2. The number of para-hydroxylation sites is 2. The molecule has 1 atom stereocenters. The lowest BCUT2D eigenvalue weighted by atomic mass is 10.3. The summed E-state index contributed by atoms with van der Waals surface area (Å²) in [5.74, 6) is -1.31. The number of halogens is 1. The molecular formula is C19H17FN4O4. The molecule has 2 N–H and O–H groups in total. The van der Waals surface area contributed by atoms with Crippen LogP contribution in [0.4, 0.5) is 4.39 Å². The molecule has 1 unspecified atom stereocenters. The first-order valence-corrected chi connectivity index (χ1v) is 8.39. The highest BCUT2D eigenvalue weighted by Gasteiger charge is 2.16. The van der Waals surface area contributed by atoms with Gasteiger partial charge in [0, 0.05) is 0 Å². The van der Waals surface area contributed by atoms with Crippen LogP contribution in [0, 0.1) is 5.82 Å². The Bertz CT molecular complexity index is 1070. The van der Waals surface area contributed by atoms with Gasteiger partial charge in [0.15, 0.2) is 6.10 Å². The molecule has 1 aromatic heterocycles. The van der Waals surface area contributed by atoms with Crippen LogP contribution < -0.4 is 21.1 Å². The maximum Gasteiger partial charge on any atom is 0.279 e. The Morgan fingerprint density at radius 3 is 2.61 bits per heavy atom. The summed E-state index contributed by atoms with van der Waals surface area (Å²) in [7, 11) is 0. The van der Waals surface area contributed by atoms with Crippen molar-refractivity contribution in [1.29, 1.82) is 0 Å². The van der Waals surface area contributed by atoms with Gasteiger partial charge in [0.25, 0.3) is 17.4 Å². The largest absolute Gasteiger partial charge is 0.481 e. The van der Waals surface area contributed by atoms with Crippen molar-refractivity contribution in [1.82, 2.24) is 20.4 Å². The summed E-state index contributed by atoms with van der Waals surface area (Å²) in [6, 6.07) is 12.1. The van der Waals surface area contributed by atoms with E-state index < -0.39 is 29.3 Å². The van der Waals surface area contributed by atoms with E-state index in [4.69, 9.17) is 4.74 Å². The Morgan fingerprint density at radius 2 is 1.86 bits per heavy atom. The van der Waals surface area contributed by atoms with Gasteiger partial charge in [-0.25, -0.2) is 9.37 Å². The molecule has 0 bridgehead atoms. The van der Waals surface area contributed by atoms with Crippen LogP contribution >= 0.6 is 0 Å². The smallest absolute Gasteiger partial charge is 0.279 e. The number of carbonyl (C=O) groups is 2. The maximum atomic E-state index is 12.9. The van der Waals surface area contributed by atoms with Crippen LogP contribution in [0.5, 0.6) is 5.75 Å². The first-order valence-electron chi connectivity index (χ1n) is 8.39. The summed E-state index contributed by atoms with van der Waals surface area (Å²) in [5, 5.41) is 0. The highest BCUT2D eigenvalue weighted by atomic mass is 19.1. The van der Waals surface area contributed by atoms with Crippen molar-refractivity contribution in [3.8, 4) is 5.75 Å². The quantitative estimate of drug-likeness (QED) is 0.643. The second-order valence-electron chi connectivity index (χ2n) is 5.92. The fourth-order valence-electron chi connectivity index (χ4n) is 2.46. The van der Waals surface area contributed by atoms with Crippen LogP contribution in [0.3, 0.4) is 0 Å². The number of rotatable bonds is 5. The number of hydrogen-bond donors (Lipinski definition) is 2. The van der Waals surface area contributed by atoms with Crippen molar-refractivity contribution >= 4 is 22.8 Å². The van der Waals surface area contributed by atoms with Gasteiger partial charge in [-0.3, -0.25) is 29.8 Å². The predicted octanol–water partition coefficient (Wildman–Crippen LogP) is 1.15. The zero-order valence-corrected chi connectivity index (χ0v) is 14.9. The summed E-state index contributed by atoms with van der Waals surface area (Å²) >= 11 is 0. The molecule has 0 radical (unpaired) electrons. The first-order chi connectivity index (χ1) is 13.4. The van der Waals surface area contributed by atoms with Gasteiger partial charge in [-0.15, -0.1) is 0 Å². The van der Waals surface area contributed by atoms with Gasteiger partial charge in [-0.1, -0.05) is 12.1 Å². The SMILES string of the molecule is CC(Oc1ccc(F)cc1)C(=O)NNC(=O)Cn1c(=O)cnc2ccccc21. The Kier molecular flexibility index (Phi) is 5.64. The number of benzene rings is 2. The van der Waals surface area contributed by atoms with Crippen molar-refractivity contribution in [2.24, 2.45) is 0 Å². The Labute approximate surface area is 158 Å². The number of nitrogens with one attached hydrogen (secondary N) is 2. The lowest BCUT2D eigenvalue weighted by Gasteiger charge is -2.15. The van der Waals surface area contributed by atoms with Crippen molar-refractivity contribution in [2.45, 2.75) is 19.6 Å². The molecule has 0 spiro atoms. The van der Waals surface area contributed by atoms with E-state index in [9.17, 15) is 18.8 Å². The maximum absolute atomic E-state index is 12.9. The molecule has 3 rings (SSSR count). The second kappa shape index (κ2) is 8.30. The van der Waals surface area contributed by atoms with Gasteiger partial charge < -0.3 is 4.74 Å². The highest BCUT2D eigenvalue weighted by molar-refractivity contribution is 5.85. The fraction of sp³-hybridized carbons (Fsp3) is 0.158. The summed E-state index contributed by atoms with van der Waals surface area (Å²) < 4.78 is 19.5. The lowest BCUT2D eigenvalue weighted by molar-refractivity contribution is -0.132. The van der Waals surface area contributed by atoms with E-state index in [-0.39, 0.29) is 6.54 Å². The van der Waals surface area contributed by atoms with E-state index in [0.717, 1.165) is 6.20 Å². The van der Waals surface area contributed by atoms with Crippen LogP contribution in [-0.4, -0.2) is 27.5 Å². The molecule has 8 nitrogen and oxygen atoms in total. The van der Waals surface area contributed by atoms with E-state index in [0.29, 0.717) is 16.8 Å².